The highest BCUT2D eigenvalue weighted by atomic mass is 19.4. The van der Waals surface area contributed by atoms with E-state index in [0.717, 1.165) is 16.7 Å². The monoisotopic (exact) mass is 436 g/mol. The molecule has 0 aliphatic carbocycles. The molecule has 0 spiro atoms. The van der Waals surface area contributed by atoms with Gasteiger partial charge in [-0.2, -0.15) is 13.2 Å². The molecule has 0 bridgehead atoms. The molecule has 2 aromatic rings. The molecule has 0 fully saturated rings. The largest absolute Gasteiger partial charge is 0.493 e. The zero-order valence-corrected chi connectivity index (χ0v) is 17.8. The number of halogens is 3. The summed E-state index contributed by atoms with van der Waals surface area (Å²) in [5.41, 5.74) is 2.38. The van der Waals surface area contributed by atoms with E-state index in [9.17, 15) is 18.0 Å². The summed E-state index contributed by atoms with van der Waals surface area (Å²) in [5, 5.41) is 2.67. The van der Waals surface area contributed by atoms with Crippen molar-refractivity contribution in [1.82, 2.24) is 10.2 Å². The van der Waals surface area contributed by atoms with E-state index in [2.05, 4.69) is 5.32 Å². The van der Waals surface area contributed by atoms with Gasteiger partial charge in [0, 0.05) is 26.1 Å². The standard InChI is InChI=1S/C23H27F3N2O3/c1-27-22(29)21(15-7-5-4-6-8-15)28-12-10-16-13-19(30-2)20(31-3)14-17(16)18(28)9-11-23(24,25)26/h4-8,13-14,18,21H,9-12H2,1-3H3,(H,27,29)/t18-,21+/m0/s1. The quantitative estimate of drug-likeness (QED) is 0.698. The molecule has 0 radical (unpaired) electrons. The number of nitrogens with one attached hydrogen (secondary N) is 1. The number of hydrogen-bond donors (Lipinski definition) is 1. The molecular weight excluding hydrogens is 409 g/mol. The van der Waals surface area contributed by atoms with E-state index < -0.39 is 24.7 Å². The predicted octanol–water partition coefficient (Wildman–Crippen LogP) is 4.43. The molecule has 31 heavy (non-hydrogen) atoms. The van der Waals surface area contributed by atoms with Crippen LogP contribution in [0.1, 0.15) is 41.6 Å². The molecule has 0 unspecified atom stereocenters. The first-order valence-electron chi connectivity index (χ1n) is 10.1. The van der Waals surface area contributed by atoms with E-state index in [4.69, 9.17) is 9.47 Å². The van der Waals surface area contributed by atoms with Crippen molar-refractivity contribution in [1.29, 1.82) is 0 Å². The Kier molecular flexibility index (Phi) is 7.10. The Morgan fingerprint density at radius 1 is 1.16 bits per heavy atom. The fourth-order valence-electron chi connectivity index (χ4n) is 4.24. The number of ether oxygens (including phenoxy) is 2. The number of amides is 1. The van der Waals surface area contributed by atoms with E-state index in [-0.39, 0.29) is 12.3 Å². The Labute approximate surface area is 180 Å². The fraction of sp³-hybridized carbons (Fsp3) is 0.435. The van der Waals surface area contributed by atoms with Crippen molar-refractivity contribution < 1.29 is 27.4 Å². The van der Waals surface area contributed by atoms with Crippen molar-refractivity contribution in [3.63, 3.8) is 0 Å². The second-order valence-corrected chi connectivity index (χ2v) is 7.49. The summed E-state index contributed by atoms with van der Waals surface area (Å²) in [5.74, 6) is 0.735. The van der Waals surface area contributed by atoms with E-state index >= 15 is 0 Å². The van der Waals surface area contributed by atoms with E-state index in [0.29, 0.717) is 24.5 Å². The van der Waals surface area contributed by atoms with Crippen LogP contribution in [0.4, 0.5) is 13.2 Å². The first kappa shape index (κ1) is 22.9. The molecule has 168 valence electrons. The van der Waals surface area contributed by atoms with Gasteiger partial charge in [-0.25, -0.2) is 0 Å². The summed E-state index contributed by atoms with van der Waals surface area (Å²) < 4.78 is 50.3. The number of benzene rings is 2. The van der Waals surface area contributed by atoms with Gasteiger partial charge in [0.25, 0.3) is 0 Å². The van der Waals surface area contributed by atoms with Gasteiger partial charge in [0.15, 0.2) is 11.5 Å². The summed E-state index contributed by atoms with van der Waals surface area (Å²) in [6, 6.07) is 11.4. The summed E-state index contributed by atoms with van der Waals surface area (Å²) in [7, 11) is 4.55. The molecule has 5 nitrogen and oxygen atoms in total. The zero-order valence-electron chi connectivity index (χ0n) is 17.8. The van der Waals surface area contributed by atoms with Gasteiger partial charge in [-0.05, 0) is 41.7 Å². The third-order valence-electron chi connectivity index (χ3n) is 5.69. The summed E-state index contributed by atoms with van der Waals surface area (Å²) in [4.78, 5) is 14.7. The maximum Gasteiger partial charge on any atom is 0.389 e. The van der Waals surface area contributed by atoms with Crippen LogP contribution in [0, 0.1) is 0 Å². The van der Waals surface area contributed by atoms with Gasteiger partial charge < -0.3 is 14.8 Å². The summed E-state index contributed by atoms with van der Waals surface area (Å²) in [6.45, 7) is 0.442. The molecular formula is C23H27F3N2O3. The molecule has 0 saturated heterocycles. The van der Waals surface area contributed by atoms with Crippen LogP contribution in [-0.2, 0) is 11.2 Å². The van der Waals surface area contributed by atoms with Gasteiger partial charge in [0.1, 0.15) is 6.04 Å². The van der Waals surface area contributed by atoms with Gasteiger partial charge in [-0.15, -0.1) is 0 Å². The van der Waals surface area contributed by atoms with Crippen LogP contribution in [0.5, 0.6) is 11.5 Å². The van der Waals surface area contributed by atoms with Crippen molar-refractivity contribution in [2.45, 2.75) is 37.5 Å². The number of carbonyl (C=O) groups is 1. The predicted molar refractivity (Wildman–Crippen MR) is 111 cm³/mol. The van der Waals surface area contributed by atoms with Gasteiger partial charge in [0.2, 0.25) is 5.91 Å². The lowest BCUT2D eigenvalue weighted by Gasteiger charge is -2.42. The Hall–Kier alpha value is -2.74. The topological polar surface area (TPSA) is 50.8 Å². The fourth-order valence-corrected chi connectivity index (χ4v) is 4.24. The number of methoxy groups -OCH3 is 2. The second kappa shape index (κ2) is 9.60. The first-order chi connectivity index (χ1) is 14.8. The molecule has 1 aliphatic heterocycles. The number of carbonyl (C=O) groups excluding carboxylic acids is 1. The van der Waals surface area contributed by atoms with E-state index in [1.54, 1.807) is 6.07 Å². The lowest BCUT2D eigenvalue weighted by Crippen LogP contribution is -2.45. The molecule has 8 heteroatoms. The molecule has 2 aromatic carbocycles. The zero-order chi connectivity index (χ0) is 22.6. The third kappa shape index (κ3) is 5.12. The number of nitrogens with zero attached hydrogens (tertiary/aromatic N) is 1. The highest BCUT2D eigenvalue weighted by molar-refractivity contribution is 5.83. The smallest absolute Gasteiger partial charge is 0.389 e. The van der Waals surface area contributed by atoms with Crippen molar-refractivity contribution in [2.75, 3.05) is 27.8 Å². The number of likely N-dealkylation sites (N-methyl/N-ethyl adjacent to an activating group) is 1. The molecule has 1 N–H and O–H groups in total. The average molecular weight is 436 g/mol. The number of hydrogen-bond acceptors (Lipinski definition) is 4. The lowest BCUT2D eigenvalue weighted by molar-refractivity contribution is -0.140. The highest BCUT2D eigenvalue weighted by Gasteiger charge is 2.39. The normalized spacial score (nSPS) is 17.5. The number of alkyl halides is 3. The van der Waals surface area contributed by atoms with E-state index in [1.807, 2.05) is 41.3 Å². The SMILES string of the molecule is CNC(=O)[C@@H](c1ccccc1)N1CCc2cc(OC)c(OC)cc2[C@@H]1CCC(F)(F)F. The second-order valence-electron chi connectivity index (χ2n) is 7.49. The minimum absolute atomic E-state index is 0.160. The van der Waals surface area contributed by atoms with Crippen molar-refractivity contribution in [3.8, 4) is 11.5 Å². The lowest BCUT2D eigenvalue weighted by atomic mass is 9.86. The molecule has 0 saturated carbocycles. The van der Waals surface area contributed by atoms with Crippen LogP contribution in [0.3, 0.4) is 0 Å². The Morgan fingerprint density at radius 2 is 1.81 bits per heavy atom. The van der Waals surface area contributed by atoms with Crippen molar-refractivity contribution in [3.05, 3.63) is 59.2 Å². The number of rotatable bonds is 7. The number of fused-ring (bicyclic) bond motifs is 1. The van der Waals surface area contributed by atoms with Crippen LogP contribution < -0.4 is 14.8 Å². The minimum atomic E-state index is -4.30. The van der Waals surface area contributed by atoms with Crippen LogP contribution >= 0.6 is 0 Å². The average Bonchev–Trinajstić information content (AvgIpc) is 2.77. The Balaban J connectivity index is 2.09. The van der Waals surface area contributed by atoms with Gasteiger partial charge in [-0.1, -0.05) is 30.3 Å². The summed E-state index contributed by atoms with van der Waals surface area (Å²) >= 11 is 0. The van der Waals surface area contributed by atoms with Crippen LogP contribution in [0.15, 0.2) is 42.5 Å². The van der Waals surface area contributed by atoms with Crippen LogP contribution in [0.25, 0.3) is 0 Å². The Morgan fingerprint density at radius 3 is 2.39 bits per heavy atom. The van der Waals surface area contributed by atoms with Gasteiger partial charge in [-0.3, -0.25) is 9.69 Å². The van der Waals surface area contributed by atoms with E-state index in [1.165, 1.54) is 21.3 Å². The summed E-state index contributed by atoms with van der Waals surface area (Å²) in [6.07, 6.45) is -4.82. The molecule has 1 heterocycles. The Bertz CT molecular complexity index is 903. The third-order valence-corrected chi connectivity index (χ3v) is 5.69. The van der Waals surface area contributed by atoms with Crippen molar-refractivity contribution >= 4 is 5.91 Å². The van der Waals surface area contributed by atoms with Crippen LogP contribution in [0.2, 0.25) is 0 Å². The maximum atomic E-state index is 13.2. The molecule has 1 aliphatic rings. The highest BCUT2D eigenvalue weighted by Crippen LogP contribution is 2.44. The van der Waals surface area contributed by atoms with Crippen LogP contribution in [-0.4, -0.2) is 44.8 Å². The van der Waals surface area contributed by atoms with Gasteiger partial charge in [0.05, 0.1) is 14.2 Å². The van der Waals surface area contributed by atoms with Gasteiger partial charge >= 0.3 is 6.18 Å². The first-order valence-corrected chi connectivity index (χ1v) is 10.1. The molecule has 3 rings (SSSR count). The molecule has 0 aromatic heterocycles. The minimum Gasteiger partial charge on any atom is -0.493 e. The maximum absolute atomic E-state index is 13.2. The van der Waals surface area contributed by atoms with Crippen molar-refractivity contribution in [2.24, 2.45) is 0 Å². The molecule has 1 amide bonds. The molecule has 2 atom stereocenters.